The molecular formula is C24H20O3S. The Balaban J connectivity index is 1.69. The zero-order chi connectivity index (χ0) is 19.6. The maximum absolute atomic E-state index is 12.0. The lowest BCUT2D eigenvalue weighted by molar-refractivity contribution is 0.483. The van der Waals surface area contributed by atoms with Gasteiger partial charge >= 0.3 is 0 Å². The number of benzene rings is 3. The van der Waals surface area contributed by atoms with Gasteiger partial charge in [-0.15, -0.1) is 0 Å². The summed E-state index contributed by atoms with van der Waals surface area (Å²) in [4.78, 5) is -0.0653. The summed E-state index contributed by atoms with van der Waals surface area (Å²) in [5.41, 5.74) is 4.72. The predicted molar refractivity (Wildman–Crippen MR) is 114 cm³/mol. The fraction of sp³-hybridized carbons (Fsp3) is 0.0833. The van der Waals surface area contributed by atoms with E-state index in [1.807, 2.05) is 54.6 Å². The van der Waals surface area contributed by atoms with Crippen molar-refractivity contribution in [3.05, 3.63) is 107 Å². The summed E-state index contributed by atoms with van der Waals surface area (Å²) in [6, 6.07) is 23.1. The molecule has 0 fully saturated rings. The van der Waals surface area contributed by atoms with Gasteiger partial charge in [-0.2, -0.15) is 8.42 Å². The van der Waals surface area contributed by atoms with E-state index in [-0.39, 0.29) is 10.8 Å². The van der Waals surface area contributed by atoms with Gasteiger partial charge in [-0.25, -0.2) is 0 Å². The van der Waals surface area contributed by atoms with Gasteiger partial charge in [0.2, 0.25) is 0 Å². The van der Waals surface area contributed by atoms with Crippen LogP contribution in [0.3, 0.4) is 0 Å². The van der Waals surface area contributed by atoms with Crippen molar-refractivity contribution >= 4 is 28.3 Å². The molecule has 0 radical (unpaired) electrons. The van der Waals surface area contributed by atoms with Crippen LogP contribution in [-0.4, -0.2) is 13.0 Å². The van der Waals surface area contributed by atoms with E-state index in [0.717, 1.165) is 17.5 Å². The highest BCUT2D eigenvalue weighted by atomic mass is 32.2. The minimum atomic E-state index is -4.33. The third-order valence-corrected chi connectivity index (χ3v) is 5.91. The lowest BCUT2D eigenvalue weighted by Crippen LogP contribution is -2.08. The van der Waals surface area contributed by atoms with Gasteiger partial charge in [-0.3, -0.25) is 4.55 Å². The summed E-state index contributed by atoms with van der Waals surface area (Å²) < 4.78 is 33.8. The molecule has 0 saturated heterocycles. The molecule has 0 bridgehead atoms. The number of allylic oxidation sites excluding steroid dienone is 1. The molecule has 0 aliphatic heterocycles. The zero-order valence-electron chi connectivity index (χ0n) is 15.2. The minimum Gasteiger partial charge on any atom is -0.282 e. The molecule has 0 heterocycles. The fourth-order valence-corrected chi connectivity index (χ4v) is 4.25. The molecule has 1 aliphatic carbocycles. The highest BCUT2D eigenvalue weighted by Gasteiger charge is 2.20. The highest BCUT2D eigenvalue weighted by Crippen LogP contribution is 2.32. The minimum absolute atomic E-state index is 0.0653. The summed E-state index contributed by atoms with van der Waals surface area (Å²) in [5.74, 6) is 0.0718. The average Bonchev–Trinajstić information content (AvgIpc) is 2.72. The van der Waals surface area contributed by atoms with Gasteiger partial charge in [0.05, 0.1) is 0 Å². The van der Waals surface area contributed by atoms with Crippen molar-refractivity contribution in [3.63, 3.8) is 0 Å². The lowest BCUT2D eigenvalue weighted by atomic mass is 9.85. The maximum Gasteiger partial charge on any atom is 0.295 e. The smallest absolute Gasteiger partial charge is 0.282 e. The van der Waals surface area contributed by atoms with Crippen molar-refractivity contribution in [2.45, 2.75) is 17.2 Å². The SMILES string of the molecule is O=S(=O)(O)c1cc([C@@H]2C=Cc3ccccc3C2)ccc1C=Cc1ccccc1. The van der Waals surface area contributed by atoms with Gasteiger partial charge < -0.3 is 0 Å². The average molecular weight is 388 g/mol. The van der Waals surface area contributed by atoms with E-state index in [1.54, 1.807) is 18.2 Å². The molecule has 3 nitrogen and oxygen atoms in total. The molecule has 0 aromatic heterocycles. The Labute approximate surface area is 165 Å². The van der Waals surface area contributed by atoms with Crippen molar-refractivity contribution in [2.24, 2.45) is 0 Å². The van der Waals surface area contributed by atoms with E-state index in [2.05, 4.69) is 24.3 Å². The van der Waals surface area contributed by atoms with E-state index in [9.17, 15) is 13.0 Å². The predicted octanol–water partition coefficient (Wildman–Crippen LogP) is 5.46. The Morgan fingerprint density at radius 2 is 1.64 bits per heavy atom. The molecule has 4 heteroatoms. The van der Waals surface area contributed by atoms with Crippen molar-refractivity contribution in [2.75, 3.05) is 0 Å². The van der Waals surface area contributed by atoms with E-state index in [4.69, 9.17) is 0 Å². The quantitative estimate of drug-likeness (QED) is 0.477. The molecule has 140 valence electrons. The Bertz CT molecular complexity index is 1160. The Kier molecular flexibility index (Phi) is 4.99. The van der Waals surface area contributed by atoms with E-state index in [0.29, 0.717) is 5.56 Å². The normalized spacial score (nSPS) is 16.2. The Hall–Kier alpha value is -2.95. The van der Waals surface area contributed by atoms with Gasteiger partial charge in [-0.05, 0) is 40.3 Å². The van der Waals surface area contributed by atoms with Gasteiger partial charge in [0.25, 0.3) is 10.1 Å². The van der Waals surface area contributed by atoms with Crippen LogP contribution in [0.5, 0.6) is 0 Å². The number of rotatable bonds is 4. The van der Waals surface area contributed by atoms with Crippen LogP contribution in [0.4, 0.5) is 0 Å². The van der Waals surface area contributed by atoms with E-state index in [1.165, 1.54) is 11.1 Å². The second-order valence-corrected chi connectivity index (χ2v) is 8.27. The van der Waals surface area contributed by atoms with Crippen molar-refractivity contribution in [1.29, 1.82) is 0 Å². The largest absolute Gasteiger partial charge is 0.295 e. The first kappa shape index (κ1) is 18.4. The topological polar surface area (TPSA) is 54.4 Å². The standard InChI is InChI=1S/C24H20O3S/c25-28(26,27)24-17-23(22-14-12-19-8-4-5-9-21(19)16-22)15-13-20(24)11-10-18-6-2-1-3-7-18/h1-15,17,22H,16H2,(H,25,26,27)/t22-/m1/s1. The highest BCUT2D eigenvalue weighted by molar-refractivity contribution is 7.86. The zero-order valence-corrected chi connectivity index (χ0v) is 16.0. The van der Waals surface area contributed by atoms with E-state index >= 15 is 0 Å². The summed E-state index contributed by atoms with van der Waals surface area (Å²) in [7, 11) is -4.33. The van der Waals surface area contributed by atoms with Gasteiger partial charge in [0.1, 0.15) is 4.90 Å². The summed E-state index contributed by atoms with van der Waals surface area (Å²) in [5, 5.41) is 0. The van der Waals surface area contributed by atoms with Crippen LogP contribution in [0.2, 0.25) is 0 Å². The molecule has 1 aliphatic rings. The number of hydrogen-bond acceptors (Lipinski definition) is 2. The third kappa shape index (κ3) is 3.98. The van der Waals surface area contributed by atoms with Gasteiger partial charge in [0, 0.05) is 5.92 Å². The van der Waals surface area contributed by atoms with Gasteiger partial charge in [0.15, 0.2) is 0 Å². The molecule has 28 heavy (non-hydrogen) atoms. The van der Waals surface area contributed by atoms with Crippen LogP contribution in [0.25, 0.3) is 18.2 Å². The first-order valence-electron chi connectivity index (χ1n) is 9.11. The van der Waals surface area contributed by atoms with Crippen LogP contribution in [0.15, 0.2) is 83.8 Å². The van der Waals surface area contributed by atoms with E-state index < -0.39 is 10.1 Å². The molecule has 3 aromatic rings. The molecule has 1 atom stereocenters. The van der Waals surface area contributed by atoms with Crippen molar-refractivity contribution in [1.82, 2.24) is 0 Å². The van der Waals surface area contributed by atoms with Crippen molar-refractivity contribution < 1.29 is 13.0 Å². The van der Waals surface area contributed by atoms with Gasteiger partial charge in [-0.1, -0.05) is 91.0 Å². The summed E-state index contributed by atoms with van der Waals surface area (Å²) >= 11 is 0. The van der Waals surface area contributed by atoms with Crippen LogP contribution in [0, 0.1) is 0 Å². The molecule has 3 aromatic carbocycles. The first-order chi connectivity index (χ1) is 13.5. The van der Waals surface area contributed by atoms with Crippen LogP contribution >= 0.6 is 0 Å². The number of fused-ring (bicyclic) bond motifs is 1. The summed E-state index contributed by atoms with van der Waals surface area (Å²) in [6.07, 6.45) is 8.51. The molecule has 0 amide bonds. The second kappa shape index (κ2) is 7.58. The Morgan fingerprint density at radius 1 is 0.893 bits per heavy atom. The molecular weight excluding hydrogens is 368 g/mol. The van der Waals surface area contributed by atoms with Crippen LogP contribution < -0.4 is 0 Å². The molecule has 4 rings (SSSR count). The van der Waals surface area contributed by atoms with Crippen molar-refractivity contribution in [3.8, 4) is 0 Å². The third-order valence-electron chi connectivity index (χ3n) is 5.00. The molecule has 0 saturated carbocycles. The Morgan fingerprint density at radius 3 is 2.43 bits per heavy atom. The molecule has 0 spiro atoms. The monoisotopic (exact) mass is 388 g/mol. The second-order valence-electron chi connectivity index (χ2n) is 6.88. The molecule has 0 unspecified atom stereocenters. The number of hydrogen-bond donors (Lipinski definition) is 1. The van der Waals surface area contributed by atoms with Crippen LogP contribution in [0.1, 0.15) is 33.7 Å². The fourth-order valence-electron chi connectivity index (χ4n) is 3.53. The van der Waals surface area contributed by atoms with Crippen LogP contribution in [-0.2, 0) is 16.5 Å². The first-order valence-corrected chi connectivity index (χ1v) is 10.6. The lowest BCUT2D eigenvalue weighted by Gasteiger charge is -2.20. The molecule has 1 N–H and O–H groups in total. The summed E-state index contributed by atoms with van der Waals surface area (Å²) in [6.45, 7) is 0. The maximum atomic E-state index is 12.0.